The normalized spacial score (nSPS) is 10.5. The maximum atomic E-state index is 13.9. The Balaban J connectivity index is 1.94. The molecule has 0 spiro atoms. The zero-order chi connectivity index (χ0) is 33.7. The number of hydrogen-bond donors (Lipinski definition) is 2. The summed E-state index contributed by atoms with van der Waals surface area (Å²) in [6, 6.07) is 12.8. The van der Waals surface area contributed by atoms with Crippen molar-refractivity contribution in [1.29, 1.82) is 0 Å². The van der Waals surface area contributed by atoms with Crippen LogP contribution in [0.4, 0.5) is 0 Å². The first-order chi connectivity index (χ1) is 22.0. The van der Waals surface area contributed by atoms with Crippen molar-refractivity contribution in [2.45, 2.75) is 0 Å². The standard InChI is InChI=1S/C34H30O12/c1-41-19-7-17(8-20(11-19)42-2)31(37)33(39)25-15-29(45-5)27(35)13-23(25)24-14-28(36)30(46-6)16-26(24)34(40)32(38)18-9-21(43-3)12-22(10-18)44-4/h7-16,35-36H,1-6H3. The number of carbonyl (C=O) groups excluding carboxylic acids is 4. The van der Waals surface area contributed by atoms with E-state index in [0.717, 1.165) is 24.3 Å². The van der Waals surface area contributed by atoms with Gasteiger partial charge in [-0.15, -0.1) is 0 Å². The summed E-state index contributed by atoms with van der Waals surface area (Å²) in [6.45, 7) is 0. The molecule has 46 heavy (non-hydrogen) atoms. The molecular formula is C34H30O12. The van der Waals surface area contributed by atoms with Crippen LogP contribution >= 0.6 is 0 Å². The smallest absolute Gasteiger partial charge is 0.234 e. The molecule has 0 radical (unpaired) electrons. The van der Waals surface area contributed by atoms with Gasteiger partial charge in [0.05, 0.1) is 42.7 Å². The maximum Gasteiger partial charge on any atom is 0.234 e. The number of ether oxygens (including phenoxy) is 6. The van der Waals surface area contributed by atoms with E-state index in [1.54, 1.807) is 0 Å². The van der Waals surface area contributed by atoms with Crippen LogP contribution in [0, 0.1) is 0 Å². The summed E-state index contributed by atoms with van der Waals surface area (Å²) in [7, 11) is 8.01. The lowest BCUT2D eigenvalue weighted by Crippen LogP contribution is -2.18. The van der Waals surface area contributed by atoms with Crippen molar-refractivity contribution >= 4 is 23.1 Å². The van der Waals surface area contributed by atoms with Gasteiger partial charge in [0.15, 0.2) is 23.0 Å². The highest BCUT2D eigenvalue weighted by atomic mass is 16.5. The quantitative estimate of drug-likeness (QED) is 0.151. The molecule has 0 aliphatic carbocycles. The zero-order valence-corrected chi connectivity index (χ0v) is 25.8. The molecule has 0 aliphatic rings. The van der Waals surface area contributed by atoms with Gasteiger partial charge in [-0.1, -0.05) is 0 Å². The number of hydrogen-bond acceptors (Lipinski definition) is 12. The van der Waals surface area contributed by atoms with Crippen LogP contribution in [0.15, 0.2) is 60.7 Å². The minimum absolute atomic E-state index is 0.0739. The van der Waals surface area contributed by atoms with Crippen molar-refractivity contribution in [3.8, 4) is 57.1 Å². The van der Waals surface area contributed by atoms with Gasteiger partial charge in [-0.2, -0.15) is 0 Å². The first-order valence-corrected chi connectivity index (χ1v) is 13.5. The number of rotatable bonds is 13. The third-order valence-electron chi connectivity index (χ3n) is 7.06. The predicted octanol–water partition coefficient (Wildman–Crippen LogP) is 4.95. The maximum absolute atomic E-state index is 13.9. The van der Waals surface area contributed by atoms with Crippen molar-refractivity contribution in [3.63, 3.8) is 0 Å². The van der Waals surface area contributed by atoms with Gasteiger partial charge >= 0.3 is 0 Å². The van der Waals surface area contributed by atoms with Gasteiger partial charge < -0.3 is 38.6 Å². The van der Waals surface area contributed by atoms with Gasteiger partial charge in [0.25, 0.3) is 0 Å². The fraction of sp³-hybridized carbons (Fsp3) is 0.176. The van der Waals surface area contributed by atoms with Gasteiger partial charge in [0.2, 0.25) is 23.1 Å². The molecule has 0 fully saturated rings. The number of aromatic hydroxyl groups is 2. The molecule has 0 saturated carbocycles. The molecule has 2 N–H and O–H groups in total. The molecule has 0 saturated heterocycles. The number of phenols is 2. The summed E-state index contributed by atoms with van der Waals surface area (Å²) in [5, 5.41) is 21.5. The number of Topliss-reactive ketones (excluding diaryl/α,β-unsaturated/α-hetero) is 4. The Morgan fingerprint density at radius 3 is 0.978 bits per heavy atom. The van der Waals surface area contributed by atoms with Crippen LogP contribution in [0.5, 0.6) is 46.0 Å². The predicted molar refractivity (Wildman–Crippen MR) is 165 cm³/mol. The summed E-state index contributed by atoms with van der Waals surface area (Å²) < 4.78 is 31.3. The van der Waals surface area contributed by atoms with E-state index in [-0.39, 0.29) is 67.9 Å². The lowest BCUT2D eigenvalue weighted by atomic mass is 9.87. The van der Waals surface area contributed by atoms with Crippen LogP contribution in [0.25, 0.3) is 11.1 Å². The molecular weight excluding hydrogens is 600 g/mol. The lowest BCUT2D eigenvalue weighted by Gasteiger charge is -2.17. The number of ketones is 4. The van der Waals surface area contributed by atoms with E-state index in [1.165, 1.54) is 79.1 Å². The Kier molecular flexibility index (Phi) is 9.80. The first kappa shape index (κ1) is 32.9. The monoisotopic (exact) mass is 630 g/mol. The molecule has 0 amide bonds. The SMILES string of the molecule is COc1cc(OC)cc(C(=O)C(=O)c2cc(OC)c(O)cc2-c2cc(O)c(OC)cc2C(=O)C(=O)c2cc(OC)cc(OC)c2)c1. The molecule has 4 rings (SSSR count). The van der Waals surface area contributed by atoms with Gasteiger partial charge in [0.1, 0.15) is 23.0 Å². The summed E-state index contributed by atoms with van der Waals surface area (Å²) in [5.74, 6) is -4.35. The van der Waals surface area contributed by atoms with Crippen molar-refractivity contribution in [3.05, 3.63) is 82.9 Å². The van der Waals surface area contributed by atoms with Crippen LogP contribution in [0.1, 0.15) is 41.4 Å². The molecule has 0 unspecified atom stereocenters. The number of carbonyl (C=O) groups is 4. The molecule has 238 valence electrons. The minimum Gasteiger partial charge on any atom is -0.504 e. The van der Waals surface area contributed by atoms with Crippen LogP contribution in [0.3, 0.4) is 0 Å². The Hall–Kier alpha value is -6.04. The van der Waals surface area contributed by atoms with Crippen molar-refractivity contribution in [2.24, 2.45) is 0 Å². The molecule has 0 heterocycles. The van der Waals surface area contributed by atoms with Gasteiger partial charge in [0, 0.05) is 34.4 Å². The molecule has 4 aromatic carbocycles. The minimum atomic E-state index is -1.07. The molecule has 12 nitrogen and oxygen atoms in total. The average Bonchev–Trinajstić information content (AvgIpc) is 3.09. The number of methoxy groups -OCH3 is 6. The van der Waals surface area contributed by atoms with Crippen LogP contribution < -0.4 is 28.4 Å². The molecule has 0 aromatic heterocycles. The molecule has 0 atom stereocenters. The molecule has 0 aliphatic heterocycles. The summed E-state index contributed by atoms with van der Waals surface area (Å²) in [5.41, 5.74) is -1.09. The number of benzene rings is 4. The van der Waals surface area contributed by atoms with Crippen molar-refractivity contribution in [1.82, 2.24) is 0 Å². The largest absolute Gasteiger partial charge is 0.504 e. The van der Waals surface area contributed by atoms with E-state index < -0.39 is 34.6 Å². The Labute approximate surface area is 263 Å². The highest BCUT2D eigenvalue weighted by Gasteiger charge is 2.30. The Morgan fingerprint density at radius 1 is 0.413 bits per heavy atom. The van der Waals surface area contributed by atoms with E-state index in [9.17, 15) is 29.4 Å². The lowest BCUT2D eigenvalue weighted by molar-refractivity contribution is 0.0815. The topological polar surface area (TPSA) is 164 Å². The van der Waals surface area contributed by atoms with Gasteiger partial charge in [-0.05, 0) is 59.7 Å². The third-order valence-corrected chi connectivity index (χ3v) is 7.06. The molecule has 12 heteroatoms. The van der Waals surface area contributed by atoms with Crippen LogP contribution in [0.2, 0.25) is 0 Å². The van der Waals surface area contributed by atoms with E-state index in [2.05, 4.69) is 0 Å². The number of phenolic OH excluding ortho intramolecular Hbond substituents is 2. The highest BCUT2D eigenvalue weighted by Crippen LogP contribution is 2.41. The van der Waals surface area contributed by atoms with Gasteiger partial charge in [-0.25, -0.2) is 0 Å². The van der Waals surface area contributed by atoms with E-state index in [0.29, 0.717) is 0 Å². The fourth-order valence-corrected chi connectivity index (χ4v) is 4.67. The van der Waals surface area contributed by atoms with E-state index in [4.69, 9.17) is 28.4 Å². The van der Waals surface area contributed by atoms with E-state index >= 15 is 0 Å². The summed E-state index contributed by atoms with van der Waals surface area (Å²) in [6.07, 6.45) is 0. The first-order valence-electron chi connectivity index (χ1n) is 13.5. The van der Waals surface area contributed by atoms with Crippen LogP contribution in [-0.4, -0.2) is 76.0 Å². The van der Waals surface area contributed by atoms with E-state index in [1.807, 2.05) is 0 Å². The third kappa shape index (κ3) is 6.41. The second-order valence-corrected chi connectivity index (χ2v) is 9.66. The Bertz CT molecular complexity index is 1680. The van der Waals surface area contributed by atoms with Crippen molar-refractivity contribution in [2.75, 3.05) is 42.7 Å². The second kappa shape index (κ2) is 13.7. The second-order valence-electron chi connectivity index (χ2n) is 9.66. The zero-order valence-electron chi connectivity index (χ0n) is 25.8. The summed E-state index contributed by atoms with van der Waals surface area (Å²) in [4.78, 5) is 54.9. The van der Waals surface area contributed by atoms with Crippen molar-refractivity contribution < 1.29 is 57.8 Å². The Morgan fingerprint density at radius 2 is 0.717 bits per heavy atom. The molecule has 4 aromatic rings. The molecule has 0 bridgehead atoms. The highest BCUT2D eigenvalue weighted by molar-refractivity contribution is 6.52. The van der Waals surface area contributed by atoms with Crippen LogP contribution in [-0.2, 0) is 0 Å². The van der Waals surface area contributed by atoms with Gasteiger partial charge in [-0.3, -0.25) is 19.2 Å². The summed E-state index contributed by atoms with van der Waals surface area (Å²) >= 11 is 0. The average molecular weight is 631 g/mol. The fourth-order valence-electron chi connectivity index (χ4n) is 4.67.